The van der Waals surface area contributed by atoms with Gasteiger partial charge in [0.1, 0.15) is 5.00 Å². The molecule has 1 unspecified atom stereocenters. The summed E-state index contributed by atoms with van der Waals surface area (Å²) in [5, 5.41) is 4.05. The van der Waals surface area contributed by atoms with E-state index in [1.807, 2.05) is 6.92 Å². The number of anilines is 1. The number of ether oxygens (including phenoxy) is 1. The molecule has 5 aliphatic rings. The van der Waals surface area contributed by atoms with E-state index in [1.54, 1.807) is 11.3 Å². The molecule has 0 spiro atoms. The summed E-state index contributed by atoms with van der Waals surface area (Å²) in [6, 6.07) is 0. The van der Waals surface area contributed by atoms with Crippen LogP contribution in [0, 0.1) is 34.5 Å². The third-order valence-corrected chi connectivity index (χ3v) is 9.89. The third kappa shape index (κ3) is 3.75. The van der Waals surface area contributed by atoms with E-state index in [1.165, 1.54) is 24.1 Å². The predicted molar refractivity (Wildman–Crippen MR) is 124 cm³/mol. The van der Waals surface area contributed by atoms with Crippen LogP contribution < -0.4 is 5.32 Å². The standard InChI is InChI=1S/C26H37NO3S/c1-5-30-23(28)21-19-7-6-18(25(2,3)4)11-20(19)31-22(21)27-24(29)26-12-15-8-16(13-26)10-17(9-15)14-26/h15-18H,5-14H2,1-4H3,(H,27,29). The van der Waals surface area contributed by atoms with Crippen LogP contribution in [0.25, 0.3) is 0 Å². The highest BCUT2D eigenvalue weighted by atomic mass is 32.1. The normalized spacial score (nSPS) is 33.8. The van der Waals surface area contributed by atoms with E-state index in [0.717, 1.165) is 66.8 Å². The highest BCUT2D eigenvalue weighted by Crippen LogP contribution is 2.60. The molecule has 1 heterocycles. The molecule has 170 valence electrons. The lowest BCUT2D eigenvalue weighted by Crippen LogP contribution is -2.51. The number of amides is 1. The van der Waals surface area contributed by atoms with E-state index in [0.29, 0.717) is 18.1 Å². The van der Waals surface area contributed by atoms with Gasteiger partial charge >= 0.3 is 5.97 Å². The van der Waals surface area contributed by atoms with E-state index in [2.05, 4.69) is 26.1 Å². The zero-order valence-electron chi connectivity index (χ0n) is 19.5. The average Bonchev–Trinajstić information content (AvgIpc) is 3.03. The van der Waals surface area contributed by atoms with Crippen molar-refractivity contribution in [3.63, 3.8) is 0 Å². The van der Waals surface area contributed by atoms with Crippen LogP contribution in [-0.2, 0) is 22.4 Å². The average molecular weight is 444 g/mol. The third-order valence-electron chi connectivity index (χ3n) is 8.72. The maximum absolute atomic E-state index is 13.7. The Kier molecular flexibility index (Phi) is 5.27. The van der Waals surface area contributed by atoms with Crippen molar-refractivity contribution in [1.82, 2.24) is 0 Å². The van der Waals surface area contributed by atoms with Crippen LogP contribution >= 0.6 is 11.3 Å². The monoisotopic (exact) mass is 443 g/mol. The van der Waals surface area contributed by atoms with Crippen LogP contribution in [0.4, 0.5) is 5.00 Å². The maximum Gasteiger partial charge on any atom is 0.341 e. The van der Waals surface area contributed by atoms with E-state index >= 15 is 0 Å². The van der Waals surface area contributed by atoms with Gasteiger partial charge in [-0.1, -0.05) is 20.8 Å². The van der Waals surface area contributed by atoms with Crippen molar-refractivity contribution in [3.05, 3.63) is 16.0 Å². The van der Waals surface area contributed by atoms with Gasteiger partial charge in [-0.15, -0.1) is 11.3 Å². The summed E-state index contributed by atoms with van der Waals surface area (Å²) in [7, 11) is 0. The lowest BCUT2D eigenvalue weighted by Gasteiger charge is -2.55. The van der Waals surface area contributed by atoms with Crippen molar-refractivity contribution in [2.75, 3.05) is 11.9 Å². The van der Waals surface area contributed by atoms with Gasteiger partial charge in [0.05, 0.1) is 17.6 Å². The molecular weight excluding hydrogens is 406 g/mol. The first-order valence-corrected chi connectivity index (χ1v) is 13.1. The molecule has 0 aliphatic heterocycles. The molecule has 4 saturated carbocycles. The molecular formula is C26H37NO3S. The fraction of sp³-hybridized carbons (Fsp3) is 0.769. The van der Waals surface area contributed by atoms with Crippen LogP contribution in [0.1, 0.15) is 93.4 Å². The molecule has 5 aliphatic carbocycles. The Bertz CT molecular complexity index is 858. The first kappa shape index (κ1) is 21.5. The van der Waals surface area contributed by atoms with Crippen LogP contribution in [0.3, 0.4) is 0 Å². The molecule has 1 amide bonds. The van der Waals surface area contributed by atoms with Crippen LogP contribution in [0.15, 0.2) is 0 Å². The second kappa shape index (κ2) is 7.60. The number of hydrogen-bond acceptors (Lipinski definition) is 4. The van der Waals surface area contributed by atoms with Gasteiger partial charge in [0.15, 0.2) is 0 Å². The summed E-state index contributed by atoms with van der Waals surface area (Å²) in [4.78, 5) is 27.9. The fourth-order valence-electron chi connectivity index (χ4n) is 7.46. The van der Waals surface area contributed by atoms with E-state index < -0.39 is 0 Å². The number of rotatable bonds is 4. The van der Waals surface area contributed by atoms with Crippen molar-refractivity contribution in [3.8, 4) is 0 Å². The number of carbonyl (C=O) groups excluding carboxylic acids is 2. The van der Waals surface area contributed by atoms with Gasteiger partial charge < -0.3 is 10.1 Å². The predicted octanol–water partition coefficient (Wildman–Crippen LogP) is 6.23. The molecule has 4 bridgehead atoms. The van der Waals surface area contributed by atoms with Gasteiger partial charge in [0.25, 0.3) is 0 Å². The van der Waals surface area contributed by atoms with Crippen LogP contribution in [-0.4, -0.2) is 18.5 Å². The number of thiophene rings is 1. The molecule has 4 nitrogen and oxygen atoms in total. The molecule has 1 aromatic heterocycles. The van der Waals surface area contributed by atoms with E-state index in [9.17, 15) is 9.59 Å². The SMILES string of the molecule is CCOC(=O)c1c(NC(=O)C23CC4CC(CC(C4)C2)C3)sc2c1CCC(C(C)(C)C)C2. The molecule has 4 fully saturated rings. The molecule has 0 saturated heterocycles. The van der Waals surface area contributed by atoms with Gasteiger partial charge in [-0.05, 0) is 99.4 Å². The Morgan fingerprint density at radius 3 is 2.26 bits per heavy atom. The van der Waals surface area contributed by atoms with Crippen LogP contribution in [0.2, 0.25) is 0 Å². The zero-order valence-corrected chi connectivity index (χ0v) is 20.3. The Morgan fingerprint density at radius 1 is 1.10 bits per heavy atom. The molecule has 1 N–H and O–H groups in total. The summed E-state index contributed by atoms with van der Waals surface area (Å²) in [6.07, 6.45) is 10.1. The minimum atomic E-state index is -0.268. The Morgan fingerprint density at radius 2 is 1.71 bits per heavy atom. The van der Waals surface area contributed by atoms with E-state index in [4.69, 9.17) is 4.74 Å². The highest BCUT2D eigenvalue weighted by Gasteiger charge is 2.54. The molecule has 5 heteroatoms. The molecule has 0 aromatic carbocycles. The lowest BCUT2D eigenvalue weighted by molar-refractivity contribution is -0.140. The quantitative estimate of drug-likeness (QED) is 0.561. The second-order valence-corrected chi connectivity index (χ2v) is 13.0. The van der Waals surface area contributed by atoms with Gasteiger partial charge in [0, 0.05) is 4.88 Å². The molecule has 1 atom stereocenters. The molecule has 1 aromatic rings. The van der Waals surface area contributed by atoms with Crippen molar-refractivity contribution >= 4 is 28.2 Å². The van der Waals surface area contributed by atoms with Crippen LogP contribution in [0.5, 0.6) is 0 Å². The minimum Gasteiger partial charge on any atom is -0.462 e. The Labute approximate surface area is 190 Å². The number of carbonyl (C=O) groups is 2. The first-order valence-electron chi connectivity index (χ1n) is 12.3. The number of esters is 1. The molecule has 0 radical (unpaired) electrons. The van der Waals surface area contributed by atoms with Gasteiger partial charge in [-0.2, -0.15) is 0 Å². The molecule has 6 rings (SSSR count). The zero-order chi connectivity index (χ0) is 22.0. The second-order valence-electron chi connectivity index (χ2n) is 11.9. The minimum absolute atomic E-state index is 0.170. The Hall–Kier alpha value is -1.36. The summed E-state index contributed by atoms with van der Waals surface area (Å²) in [6.45, 7) is 9.12. The topological polar surface area (TPSA) is 55.4 Å². The number of fused-ring (bicyclic) bond motifs is 1. The summed E-state index contributed by atoms with van der Waals surface area (Å²) in [5.74, 6) is 2.68. The number of nitrogens with one attached hydrogen (secondary N) is 1. The first-order chi connectivity index (χ1) is 14.7. The number of hydrogen-bond donors (Lipinski definition) is 1. The molecule has 31 heavy (non-hydrogen) atoms. The van der Waals surface area contributed by atoms with Crippen molar-refractivity contribution < 1.29 is 14.3 Å². The summed E-state index contributed by atoms with van der Waals surface area (Å²) >= 11 is 1.64. The van der Waals surface area contributed by atoms with Crippen molar-refractivity contribution in [1.29, 1.82) is 0 Å². The lowest BCUT2D eigenvalue weighted by atomic mass is 9.49. The van der Waals surface area contributed by atoms with E-state index in [-0.39, 0.29) is 22.7 Å². The maximum atomic E-state index is 13.7. The van der Waals surface area contributed by atoms with Gasteiger partial charge in [-0.3, -0.25) is 4.79 Å². The summed E-state index contributed by atoms with van der Waals surface area (Å²) < 4.78 is 5.43. The smallest absolute Gasteiger partial charge is 0.341 e. The van der Waals surface area contributed by atoms with Crippen molar-refractivity contribution in [2.24, 2.45) is 34.5 Å². The van der Waals surface area contributed by atoms with Crippen molar-refractivity contribution in [2.45, 2.75) is 85.5 Å². The largest absolute Gasteiger partial charge is 0.462 e. The highest BCUT2D eigenvalue weighted by molar-refractivity contribution is 7.17. The van der Waals surface area contributed by atoms with Gasteiger partial charge in [-0.25, -0.2) is 4.79 Å². The fourth-order valence-corrected chi connectivity index (χ4v) is 8.77. The Balaban J connectivity index is 1.44. The van der Waals surface area contributed by atoms with Gasteiger partial charge in [0.2, 0.25) is 5.91 Å². The summed E-state index contributed by atoms with van der Waals surface area (Å²) in [5.41, 5.74) is 1.81.